The minimum absolute atomic E-state index is 0.00574. The second-order valence-corrected chi connectivity index (χ2v) is 6.16. The van der Waals surface area contributed by atoms with Crippen LogP contribution in [0, 0.1) is 18.3 Å². The van der Waals surface area contributed by atoms with E-state index in [0.29, 0.717) is 10.3 Å². The Morgan fingerprint density at radius 3 is 2.33 bits per heavy atom. The van der Waals surface area contributed by atoms with Crippen molar-refractivity contribution in [1.82, 2.24) is 9.55 Å². The summed E-state index contributed by atoms with van der Waals surface area (Å²) < 4.78 is 50.0. The van der Waals surface area contributed by atoms with Gasteiger partial charge in [-0.25, -0.2) is 9.36 Å². The van der Waals surface area contributed by atoms with Gasteiger partial charge in [-0.1, -0.05) is 18.2 Å². The van der Waals surface area contributed by atoms with E-state index < -0.39 is 23.1 Å². The molecule has 10 heteroatoms. The maximum Gasteiger partial charge on any atom is 0.431 e. The van der Waals surface area contributed by atoms with Gasteiger partial charge in [0, 0.05) is 18.2 Å². The van der Waals surface area contributed by atoms with E-state index in [9.17, 15) is 28.0 Å². The van der Waals surface area contributed by atoms with Crippen LogP contribution in [0.4, 0.5) is 13.2 Å². The van der Waals surface area contributed by atoms with Crippen LogP contribution in [-0.2, 0) is 6.18 Å². The fourth-order valence-corrected chi connectivity index (χ4v) is 2.72. The molecule has 0 atom stereocenters. The lowest BCUT2D eigenvalue weighted by Gasteiger charge is -2.15. The van der Waals surface area contributed by atoms with E-state index in [4.69, 9.17) is 9.47 Å². The first-order chi connectivity index (χ1) is 14.2. The fourth-order valence-electron chi connectivity index (χ4n) is 2.72. The van der Waals surface area contributed by atoms with Crippen molar-refractivity contribution in [3.05, 3.63) is 80.1 Å². The third-order valence-corrected chi connectivity index (χ3v) is 4.19. The number of aromatic amines is 1. The highest BCUT2D eigenvalue weighted by atomic mass is 19.4. The minimum atomic E-state index is -4.90. The molecule has 0 fully saturated rings. The first-order valence-corrected chi connectivity index (χ1v) is 8.45. The quantitative estimate of drug-likeness (QED) is 0.701. The van der Waals surface area contributed by atoms with Crippen LogP contribution in [0.5, 0.6) is 17.2 Å². The molecule has 0 aliphatic heterocycles. The first-order valence-electron chi connectivity index (χ1n) is 8.45. The lowest BCUT2D eigenvalue weighted by atomic mass is 10.1. The van der Waals surface area contributed by atoms with Gasteiger partial charge in [0.15, 0.2) is 0 Å². The number of halogens is 3. The molecule has 1 heterocycles. The average Bonchev–Trinajstić information content (AvgIpc) is 2.68. The second-order valence-electron chi connectivity index (χ2n) is 6.16. The Labute approximate surface area is 167 Å². The summed E-state index contributed by atoms with van der Waals surface area (Å²) in [5, 5.41) is 9.44. The second kappa shape index (κ2) is 7.79. The maximum atomic E-state index is 12.9. The third-order valence-electron chi connectivity index (χ3n) is 4.19. The zero-order valence-corrected chi connectivity index (χ0v) is 15.7. The molecule has 2 aromatic carbocycles. The number of methoxy groups -OCH3 is 1. The molecular weight excluding hydrogens is 403 g/mol. The van der Waals surface area contributed by atoms with Crippen LogP contribution >= 0.6 is 0 Å². The van der Waals surface area contributed by atoms with Gasteiger partial charge in [0.25, 0.3) is 5.56 Å². The number of hydrogen-bond donors (Lipinski definition) is 1. The number of aryl methyl sites for hydroxylation is 1. The van der Waals surface area contributed by atoms with Gasteiger partial charge in [-0.05, 0) is 18.6 Å². The summed E-state index contributed by atoms with van der Waals surface area (Å²) in [5.74, 6) is 0.337. The number of rotatable bonds is 4. The van der Waals surface area contributed by atoms with Crippen LogP contribution in [0.1, 0.15) is 16.8 Å². The van der Waals surface area contributed by atoms with Crippen LogP contribution in [0.3, 0.4) is 0 Å². The molecule has 0 amide bonds. The summed E-state index contributed by atoms with van der Waals surface area (Å²) in [6.07, 6.45) is -4.90. The molecule has 0 radical (unpaired) electrons. The van der Waals surface area contributed by atoms with Crippen molar-refractivity contribution in [2.24, 2.45) is 0 Å². The molecule has 1 aromatic heterocycles. The van der Waals surface area contributed by atoms with Gasteiger partial charge in [-0.15, -0.1) is 0 Å². The summed E-state index contributed by atoms with van der Waals surface area (Å²) in [6, 6.07) is 11.5. The fraction of sp³-hybridized carbons (Fsp3) is 0.150. The number of nitrogens with zero attached hydrogens (tertiary/aromatic N) is 2. The van der Waals surface area contributed by atoms with Crippen molar-refractivity contribution >= 4 is 0 Å². The van der Waals surface area contributed by atoms with E-state index in [1.165, 1.54) is 19.2 Å². The highest BCUT2D eigenvalue weighted by Gasteiger charge is 2.33. The molecule has 30 heavy (non-hydrogen) atoms. The molecule has 0 aliphatic carbocycles. The summed E-state index contributed by atoms with van der Waals surface area (Å²) >= 11 is 0. The summed E-state index contributed by atoms with van der Waals surface area (Å²) in [4.78, 5) is 26.3. The van der Waals surface area contributed by atoms with Gasteiger partial charge in [0.1, 0.15) is 29.0 Å². The van der Waals surface area contributed by atoms with Crippen molar-refractivity contribution in [2.45, 2.75) is 13.1 Å². The maximum absolute atomic E-state index is 12.9. The van der Waals surface area contributed by atoms with E-state index in [0.717, 1.165) is 5.56 Å². The molecule has 154 valence electrons. The Morgan fingerprint density at radius 2 is 1.77 bits per heavy atom. The number of nitrogens with one attached hydrogen (secondary N) is 1. The standard InChI is InChI=1S/C20H14F3N3O4/c1-11-5-3-4-6-14(11)30-15-8-13(16(29-2)7-12(15)10-24)26-18(27)9-17(20(21,22)23)25-19(26)28/h3-9H,1-2H3,(H,25,28). The Morgan fingerprint density at radius 1 is 1.07 bits per heavy atom. The molecule has 1 N–H and O–H groups in total. The van der Waals surface area contributed by atoms with Gasteiger partial charge in [0.2, 0.25) is 0 Å². The molecule has 3 aromatic rings. The molecule has 0 unspecified atom stereocenters. The van der Waals surface area contributed by atoms with E-state index in [2.05, 4.69) is 0 Å². The summed E-state index contributed by atoms with van der Waals surface area (Å²) in [6.45, 7) is 1.77. The molecule has 0 saturated heterocycles. The van der Waals surface area contributed by atoms with E-state index in [1.54, 1.807) is 36.2 Å². The lowest BCUT2D eigenvalue weighted by molar-refractivity contribution is -0.141. The highest BCUT2D eigenvalue weighted by molar-refractivity contribution is 5.59. The van der Waals surface area contributed by atoms with Crippen molar-refractivity contribution in [2.75, 3.05) is 7.11 Å². The van der Waals surface area contributed by atoms with Crippen molar-refractivity contribution in [3.8, 4) is 29.0 Å². The molecule has 0 bridgehead atoms. The predicted octanol–water partition coefficient (Wildman–Crippen LogP) is 3.53. The summed E-state index contributed by atoms with van der Waals surface area (Å²) in [7, 11) is 1.23. The van der Waals surface area contributed by atoms with Crippen LogP contribution < -0.4 is 20.7 Å². The van der Waals surface area contributed by atoms with Crippen LogP contribution in [0.25, 0.3) is 5.69 Å². The van der Waals surface area contributed by atoms with Gasteiger partial charge in [-0.3, -0.25) is 4.79 Å². The number of para-hydroxylation sites is 1. The smallest absolute Gasteiger partial charge is 0.431 e. The number of alkyl halides is 3. The van der Waals surface area contributed by atoms with Gasteiger partial charge < -0.3 is 14.5 Å². The number of ether oxygens (including phenoxy) is 2. The Kier molecular flexibility index (Phi) is 5.38. The Balaban J connectivity index is 2.23. The average molecular weight is 417 g/mol. The number of benzene rings is 2. The zero-order valence-electron chi connectivity index (χ0n) is 15.7. The Hall–Kier alpha value is -4.00. The van der Waals surface area contributed by atoms with Crippen LogP contribution in [0.2, 0.25) is 0 Å². The molecule has 3 rings (SSSR count). The van der Waals surface area contributed by atoms with Crippen molar-refractivity contribution < 1.29 is 22.6 Å². The monoisotopic (exact) mass is 417 g/mol. The van der Waals surface area contributed by atoms with Gasteiger partial charge in [0.05, 0.1) is 18.4 Å². The minimum Gasteiger partial charge on any atom is -0.495 e. The largest absolute Gasteiger partial charge is 0.495 e. The topological polar surface area (TPSA) is 97.1 Å². The predicted molar refractivity (Wildman–Crippen MR) is 100 cm³/mol. The van der Waals surface area contributed by atoms with E-state index in [1.807, 2.05) is 6.07 Å². The SMILES string of the molecule is COc1cc(C#N)c(Oc2ccccc2C)cc1-n1c(=O)cc(C(F)(F)F)[nH]c1=O. The third kappa shape index (κ3) is 3.91. The summed E-state index contributed by atoms with van der Waals surface area (Å²) in [5.41, 5.74) is -3.41. The zero-order chi connectivity index (χ0) is 22.1. The number of H-pyrrole nitrogens is 1. The van der Waals surface area contributed by atoms with Crippen molar-refractivity contribution in [3.63, 3.8) is 0 Å². The normalized spacial score (nSPS) is 11.1. The van der Waals surface area contributed by atoms with Crippen molar-refractivity contribution in [1.29, 1.82) is 5.26 Å². The number of nitriles is 1. The molecule has 0 saturated carbocycles. The number of hydrogen-bond acceptors (Lipinski definition) is 5. The molecule has 7 nitrogen and oxygen atoms in total. The van der Waals surface area contributed by atoms with E-state index in [-0.39, 0.29) is 28.8 Å². The van der Waals surface area contributed by atoms with E-state index >= 15 is 0 Å². The van der Waals surface area contributed by atoms with Crippen LogP contribution in [0.15, 0.2) is 52.1 Å². The van der Waals surface area contributed by atoms with Gasteiger partial charge >= 0.3 is 11.9 Å². The number of aromatic nitrogens is 2. The first kappa shape index (κ1) is 20.7. The lowest BCUT2D eigenvalue weighted by Crippen LogP contribution is -2.36. The van der Waals surface area contributed by atoms with Crippen LogP contribution in [-0.4, -0.2) is 16.7 Å². The molecular formula is C20H14F3N3O4. The van der Waals surface area contributed by atoms with Gasteiger partial charge in [-0.2, -0.15) is 18.4 Å². The highest BCUT2D eigenvalue weighted by Crippen LogP contribution is 2.34. The molecule has 0 spiro atoms. The Bertz CT molecular complexity index is 1240. The molecule has 0 aliphatic rings.